The zero-order valence-electron chi connectivity index (χ0n) is 23.8. The van der Waals surface area contributed by atoms with Gasteiger partial charge in [0.1, 0.15) is 11.6 Å². The Balaban J connectivity index is 0.937. The summed E-state index contributed by atoms with van der Waals surface area (Å²) in [6.45, 7) is 5.52. The number of carbonyl (C=O) groups is 1. The second-order valence-electron chi connectivity index (χ2n) is 13.1. The first-order valence-electron chi connectivity index (χ1n) is 15.9. The molecule has 1 amide bonds. The normalized spacial score (nSPS) is 26.5. The number of hydrogen-bond acceptors (Lipinski definition) is 5. The molecule has 2 aromatic rings. The van der Waals surface area contributed by atoms with Gasteiger partial charge in [-0.15, -0.1) is 0 Å². The van der Waals surface area contributed by atoms with E-state index >= 15 is 0 Å². The number of likely N-dealkylation sites (tertiary alicyclic amines) is 2. The molecule has 8 nitrogen and oxygen atoms in total. The molecule has 2 saturated heterocycles. The van der Waals surface area contributed by atoms with Crippen molar-refractivity contribution in [2.75, 3.05) is 32.7 Å². The van der Waals surface area contributed by atoms with Crippen molar-refractivity contribution >= 4 is 5.91 Å². The maximum Gasteiger partial charge on any atom is 0.225 e. The number of aromatic amines is 2. The number of imidazole rings is 2. The summed E-state index contributed by atoms with van der Waals surface area (Å²) in [7, 11) is 0. The summed E-state index contributed by atoms with van der Waals surface area (Å²) in [4.78, 5) is 34.0. The Morgan fingerprint density at radius 2 is 1.54 bits per heavy atom. The van der Waals surface area contributed by atoms with Gasteiger partial charge in [-0.2, -0.15) is 0 Å². The van der Waals surface area contributed by atoms with Gasteiger partial charge in [-0.25, -0.2) is 9.97 Å². The van der Waals surface area contributed by atoms with E-state index < -0.39 is 0 Å². The van der Waals surface area contributed by atoms with Crippen LogP contribution in [0.15, 0.2) is 24.8 Å². The molecule has 6 rings (SSSR count). The molecule has 4 aliphatic rings. The van der Waals surface area contributed by atoms with Crippen LogP contribution >= 0.6 is 0 Å². The lowest BCUT2D eigenvalue weighted by Gasteiger charge is -2.43. The summed E-state index contributed by atoms with van der Waals surface area (Å²) in [5.74, 6) is 3.36. The number of nitrogens with one attached hydrogen (secondary N) is 3. The number of aromatic nitrogens is 4. The molecule has 1 spiro atoms. The van der Waals surface area contributed by atoms with Crippen molar-refractivity contribution in [1.82, 2.24) is 35.1 Å². The van der Waals surface area contributed by atoms with E-state index in [-0.39, 0.29) is 12.0 Å². The minimum Gasteiger partial charge on any atom is -0.349 e. The number of piperidine rings is 1. The molecule has 39 heavy (non-hydrogen) atoms. The molecule has 0 radical (unpaired) electrons. The predicted molar refractivity (Wildman–Crippen MR) is 153 cm³/mol. The minimum absolute atomic E-state index is 0.237. The van der Waals surface area contributed by atoms with E-state index in [4.69, 9.17) is 0 Å². The third-order valence-corrected chi connectivity index (χ3v) is 10.6. The van der Waals surface area contributed by atoms with Gasteiger partial charge in [0, 0.05) is 68.7 Å². The van der Waals surface area contributed by atoms with E-state index in [1.807, 2.05) is 24.8 Å². The van der Waals surface area contributed by atoms with E-state index in [0.717, 1.165) is 75.8 Å². The lowest BCUT2D eigenvalue weighted by atomic mass is 9.76. The van der Waals surface area contributed by atoms with E-state index in [1.165, 1.54) is 64.5 Å². The van der Waals surface area contributed by atoms with Gasteiger partial charge in [0.05, 0.1) is 0 Å². The monoisotopic (exact) mass is 535 g/mol. The number of carbonyl (C=O) groups excluding carboxylic acids is 1. The quantitative estimate of drug-likeness (QED) is 0.445. The topological polar surface area (TPSA) is 92.9 Å². The third kappa shape index (κ3) is 6.76. The smallest absolute Gasteiger partial charge is 0.225 e. The van der Waals surface area contributed by atoms with Crippen LogP contribution in [0.5, 0.6) is 0 Å². The lowest BCUT2D eigenvalue weighted by molar-refractivity contribution is -0.136. The summed E-state index contributed by atoms with van der Waals surface area (Å²) in [6, 6.07) is 1.12. The largest absolute Gasteiger partial charge is 0.349 e. The number of hydrogen-bond donors (Lipinski definition) is 3. The maximum atomic E-state index is 13.5. The van der Waals surface area contributed by atoms with Crippen molar-refractivity contribution in [2.45, 2.75) is 102 Å². The second-order valence-corrected chi connectivity index (χ2v) is 13.1. The first-order chi connectivity index (χ1) is 19.2. The molecule has 8 heteroatoms. The fourth-order valence-electron chi connectivity index (χ4n) is 8.05. The molecule has 0 bridgehead atoms. The maximum absolute atomic E-state index is 13.5. The zero-order valence-corrected chi connectivity index (χ0v) is 23.8. The van der Waals surface area contributed by atoms with Crippen LogP contribution in [0.4, 0.5) is 0 Å². The molecule has 4 heterocycles. The van der Waals surface area contributed by atoms with Gasteiger partial charge < -0.3 is 25.1 Å². The van der Waals surface area contributed by atoms with Crippen molar-refractivity contribution in [3.63, 3.8) is 0 Å². The van der Waals surface area contributed by atoms with E-state index in [2.05, 4.69) is 35.1 Å². The average molecular weight is 536 g/mol. The van der Waals surface area contributed by atoms with E-state index in [9.17, 15) is 4.79 Å². The lowest BCUT2D eigenvalue weighted by Crippen LogP contribution is -2.47. The van der Waals surface area contributed by atoms with E-state index in [0.29, 0.717) is 17.2 Å². The number of nitrogens with zero attached hydrogens (tertiary/aromatic N) is 4. The van der Waals surface area contributed by atoms with Crippen LogP contribution < -0.4 is 5.32 Å². The van der Waals surface area contributed by atoms with Crippen molar-refractivity contribution in [3.05, 3.63) is 36.4 Å². The molecule has 0 aromatic carbocycles. The summed E-state index contributed by atoms with van der Waals surface area (Å²) >= 11 is 0. The van der Waals surface area contributed by atoms with Gasteiger partial charge in [0.25, 0.3) is 0 Å². The first kappa shape index (κ1) is 27.0. The van der Waals surface area contributed by atoms with Crippen molar-refractivity contribution in [1.29, 1.82) is 0 Å². The molecule has 214 valence electrons. The Kier molecular flexibility index (Phi) is 8.69. The summed E-state index contributed by atoms with van der Waals surface area (Å²) < 4.78 is 0. The fraction of sp³-hybridized carbons (Fsp3) is 0.774. The molecule has 3 N–H and O–H groups in total. The second kappa shape index (κ2) is 12.5. The summed E-state index contributed by atoms with van der Waals surface area (Å²) in [5.41, 5.74) is 0.402. The van der Waals surface area contributed by atoms with Crippen LogP contribution in [0.3, 0.4) is 0 Å². The highest BCUT2D eigenvalue weighted by Gasteiger charge is 2.44. The Labute approximate surface area is 234 Å². The van der Waals surface area contributed by atoms with Gasteiger partial charge in [-0.1, -0.05) is 19.3 Å². The number of H-pyrrole nitrogens is 2. The number of rotatable bonds is 9. The zero-order chi connectivity index (χ0) is 26.5. The van der Waals surface area contributed by atoms with E-state index in [1.54, 1.807) is 0 Å². The SMILES string of the molecule is O=C(C1CCC(CNC(Cc2ncc[nH]2)Cc2ncc[nH]2)CC1)N1CCC2(CCN(C3CCCCC3)CC2)C1. The van der Waals surface area contributed by atoms with Crippen molar-refractivity contribution < 1.29 is 4.79 Å². The first-order valence-corrected chi connectivity index (χ1v) is 15.9. The van der Waals surface area contributed by atoms with Gasteiger partial charge in [0.2, 0.25) is 5.91 Å². The molecule has 0 atom stereocenters. The fourth-order valence-corrected chi connectivity index (χ4v) is 8.05. The number of amides is 1. The molecule has 0 unspecified atom stereocenters. The third-order valence-electron chi connectivity index (χ3n) is 10.6. The van der Waals surface area contributed by atoms with Crippen LogP contribution in [0.25, 0.3) is 0 Å². The summed E-state index contributed by atoms with van der Waals surface area (Å²) in [5, 5.41) is 3.81. The molecule has 2 saturated carbocycles. The van der Waals surface area contributed by atoms with Gasteiger partial charge >= 0.3 is 0 Å². The van der Waals surface area contributed by atoms with Crippen LogP contribution in [-0.4, -0.2) is 80.5 Å². The molecule has 2 aromatic heterocycles. The highest BCUT2D eigenvalue weighted by molar-refractivity contribution is 5.79. The van der Waals surface area contributed by atoms with Crippen molar-refractivity contribution in [3.8, 4) is 0 Å². The molecular weight excluding hydrogens is 486 g/mol. The standard InChI is InChI=1S/C31H49N7O/c39-30(38-19-12-31(23-38)10-17-37(18-11-31)27-4-2-1-3-5-27)25-8-6-24(7-9-25)22-36-26(20-28-32-13-14-33-28)21-29-34-15-16-35-29/h13-16,24-27,36H,1-12,17-23H2,(H,32,33)(H,34,35). The molecule has 4 fully saturated rings. The van der Waals surface area contributed by atoms with Gasteiger partial charge in [-0.3, -0.25) is 4.79 Å². The Hall–Kier alpha value is -2.19. The van der Waals surface area contributed by atoms with Crippen LogP contribution in [-0.2, 0) is 17.6 Å². The van der Waals surface area contributed by atoms with Crippen LogP contribution in [0.2, 0.25) is 0 Å². The molecule has 2 aliphatic carbocycles. The summed E-state index contributed by atoms with van der Waals surface area (Å²) in [6.07, 6.45) is 24.4. The minimum atomic E-state index is 0.237. The Morgan fingerprint density at radius 1 is 0.897 bits per heavy atom. The van der Waals surface area contributed by atoms with Crippen molar-refractivity contribution in [2.24, 2.45) is 17.3 Å². The highest BCUT2D eigenvalue weighted by atomic mass is 16.2. The van der Waals surface area contributed by atoms with Crippen LogP contribution in [0.1, 0.15) is 88.7 Å². The Bertz CT molecular complexity index is 964. The average Bonchev–Trinajstić information content (AvgIpc) is 3.77. The van der Waals surface area contributed by atoms with Crippen LogP contribution in [0, 0.1) is 17.3 Å². The molecular formula is C31H49N7O. The van der Waals surface area contributed by atoms with Gasteiger partial charge in [-0.05, 0) is 88.8 Å². The molecule has 2 aliphatic heterocycles. The Morgan fingerprint density at radius 3 is 2.15 bits per heavy atom. The van der Waals surface area contributed by atoms with Gasteiger partial charge in [0.15, 0.2) is 0 Å². The predicted octanol–water partition coefficient (Wildman–Crippen LogP) is 4.33. The highest BCUT2D eigenvalue weighted by Crippen LogP contribution is 2.43.